The van der Waals surface area contributed by atoms with Crippen molar-refractivity contribution in [1.82, 2.24) is 9.55 Å². The maximum absolute atomic E-state index is 12.6. The van der Waals surface area contributed by atoms with Crippen molar-refractivity contribution in [3.63, 3.8) is 0 Å². The van der Waals surface area contributed by atoms with Crippen molar-refractivity contribution in [1.29, 1.82) is 0 Å². The highest BCUT2D eigenvalue weighted by molar-refractivity contribution is 7.15. The normalized spacial score (nSPS) is 10.7. The molecule has 33 heavy (non-hydrogen) atoms. The van der Waals surface area contributed by atoms with Crippen LogP contribution in [0.15, 0.2) is 66.3 Å². The number of rotatable bonds is 8. The number of nitrogens with zero attached hydrogens (tertiary/aromatic N) is 2. The molecule has 0 aliphatic heterocycles. The number of fused-ring (bicyclic) bond motifs is 1. The first kappa shape index (κ1) is 22.2. The van der Waals surface area contributed by atoms with Crippen LogP contribution >= 0.6 is 11.3 Å². The molecule has 0 aliphatic carbocycles. The molecule has 1 amide bonds. The van der Waals surface area contributed by atoms with E-state index in [1.165, 1.54) is 11.3 Å². The number of carbonyl (C=O) groups is 3. The van der Waals surface area contributed by atoms with Crippen LogP contribution in [-0.2, 0) is 25.6 Å². The van der Waals surface area contributed by atoms with Crippen LogP contribution in [0.5, 0.6) is 0 Å². The van der Waals surface area contributed by atoms with Crippen LogP contribution in [0.4, 0.5) is 5.00 Å². The number of para-hydroxylation sites is 2. The SMILES string of the molecule is CCOC(=O)c1c(-c2ccccc2)csc1NC(=O)COC(=O)Cn1cnc2ccccc21. The van der Waals surface area contributed by atoms with Crippen LogP contribution in [0.3, 0.4) is 0 Å². The molecule has 0 saturated heterocycles. The zero-order valence-electron chi connectivity index (χ0n) is 17.8. The zero-order valence-corrected chi connectivity index (χ0v) is 18.6. The van der Waals surface area contributed by atoms with Crippen LogP contribution in [0, 0.1) is 0 Å². The summed E-state index contributed by atoms with van der Waals surface area (Å²) in [6.45, 7) is 1.37. The maximum Gasteiger partial charge on any atom is 0.341 e. The molecule has 2 aromatic heterocycles. The highest BCUT2D eigenvalue weighted by atomic mass is 32.1. The average molecular weight is 464 g/mol. The van der Waals surface area contributed by atoms with Crippen molar-refractivity contribution < 1.29 is 23.9 Å². The fourth-order valence-electron chi connectivity index (χ4n) is 3.32. The molecular formula is C24H21N3O5S. The summed E-state index contributed by atoms with van der Waals surface area (Å²) in [6, 6.07) is 16.8. The van der Waals surface area contributed by atoms with E-state index in [2.05, 4.69) is 10.3 Å². The van der Waals surface area contributed by atoms with E-state index in [0.717, 1.165) is 16.6 Å². The van der Waals surface area contributed by atoms with E-state index in [1.807, 2.05) is 54.6 Å². The third kappa shape index (κ3) is 5.09. The minimum absolute atomic E-state index is 0.0704. The van der Waals surface area contributed by atoms with E-state index in [9.17, 15) is 14.4 Å². The summed E-state index contributed by atoms with van der Waals surface area (Å²) < 4.78 is 12.0. The van der Waals surface area contributed by atoms with Gasteiger partial charge in [-0.15, -0.1) is 11.3 Å². The molecule has 0 saturated carbocycles. The Morgan fingerprint density at radius 1 is 1.03 bits per heavy atom. The fourth-order valence-corrected chi connectivity index (χ4v) is 4.29. The van der Waals surface area contributed by atoms with Gasteiger partial charge in [0.1, 0.15) is 17.1 Å². The Morgan fingerprint density at radius 3 is 2.58 bits per heavy atom. The summed E-state index contributed by atoms with van der Waals surface area (Å²) in [7, 11) is 0. The summed E-state index contributed by atoms with van der Waals surface area (Å²) in [6.07, 6.45) is 1.55. The minimum atomic E-state index is -0.574. The number of ether oxygens (including phenoxy) is 2. The van der Waals surface area contributed by atoms with Gasteiger partial charge < -0.3 is 19.4 Å². The summed E-state index contributed by atoms with van der Waals surface area (Å²) in [4.78, 5) is 41.5. The number of hydrogen-bond acceptors (Lipinski definition) is 7. The molecule has 2 aromatic carbocycles. The van der Waals surface area contributed by atoms with Gasteiger partial charge in [-0.05, 0) is 24.6 Å². The van der Waals surface area contributed by atoms with E-state index in [-0.39, 0.29) is 18.7 Å². The predicted molar refractivity (Wildman–Crippen MR) is 125 cm³/mol. The number of aromatic nitrogens is 2. The van der Waals surface area contributed by atoms with Crippen LogP contribution in [0.1, 0.15) is 17.3 Å². The molecule has 1 N–H and O–H groups in total. The van der Waals surface area contributed by atoms with Crippen LogP contribution in [0.25, 0.3) is 22.2 Å². The van der Waals surface area contributed by atoms with Gasteiger partial charge in [0.2, 0.25) is 0 Å². The quantitative estimate of drug-likeness (QED) is 0.395. The second-order valence-electron chi connectivity index (χ2n) is 7.01. The summed E-state index contributed by atoms with van der Waals surface area (Å²) in [5.41, 5.74) is 3.33. The van der Waals surface area contributed by atoms with Crippen molar-refractivity contribution in [2.24, 2.45) is 0 Å². The molecule has 0 aliphatic rings. The molecular weight excluding hydrogens is 442 g/mol. The predicted octanol–water partition coefficient (Wildman–Crippen LogP) is 4.12. The largest absolute Gasteiger partial charge is 0.462 e. The fraction of sp³-hybridized carbons (Fsp3) is 0.167. The topological polar surface area (TPSA) is 99.5 Å². The zero-order chi connectivity index (χ0) is 23.2. The van der Waals surface area contributed by atoms with Gasteiger partial charge in [0, 0.05) is 10.9 Å². The van der Waals surface area contributed by atoms with Crippen LogP contribution < -0.4 is 5.32 Å². The molecule has 0 bridgehead atoms. The molecule has 4 aromatic rings. The Morgan fingerprint density at radius 2 is 1.79 bits per heavy atom. The lowest BCUT2D eigenvalue weighted by Crippen LogP contribution is -2.23. The van der Waals surface area contributed by atoms with Crippen molar-refractivity contribution in [2.75, 3.05) is 18.5 Å². The molecule has 8 nitrogen and oxygen atoms in total. The molecule has 0 unspecified atom stereocenters. The van der Waals surface area contributed by atoms with Gasteiger partial charge in [-0.3, -0.25) is 9.59 Å². The van der Waals surface area contributed by atoms with Gasteiger partial charge in [0.15, 0.2) is 6.61 Å². The van der Waals surface area contributed by atoms with Gasteiger partial charge >= 0.3 is 11.9 Å². The van der Waals surface area contributed by atoms with E-state index in [4.69, 9.17) is 9.47 Å². The second-order valence-corrected chi connectivity index (χ2v) is 7.89. The average Bonchev–Trinajstić information content (AvgIpc) is 3.43. The molecule has 4 rings (SSSR count). The second kappa shape index (κ2) is 10.1. The first-order valence-electron chi connectivity index (χ1n) is 10.3. The number of thiophene rings is 1. The molecule has 9 heteroatoms. The summed E-state index contributed by atoms with van der Waals surface area (Å²) >= 11 is 1.21. The highest BCUT2D eigenvalue weighted by Gasteiger charge is 2.23. The molecule has 0 radical (unpaired) electrons. The smallest absolute Gasteiger partial charge is 0.341 e. The van der Waals surface area contributed by atoms with Crippen LogP contribution in [0.2, 0.25) is 0 Å². The van der Waals surface area contributed by atoms with Crippen molar-refractivity contribution >= 4 is 45.2 Å². The molecule has 168 valence electrons. The van der Waals surface area contributed by atoms with Gasteiger partial charge in [-0.25, -0.2) is 9.78 Å². The first-order valence-corrected chi connectivity index (χ1v) is 11.1. The number of anilines is 1. The Labute approximate surface area is 193 Å². The van der Waals surface area contributed by atoms with Gasteiger partial charge in [0.25, 0.3) is 5.91 Å². The highest BCUT2D eigenvalue weighted by Crippen LogP contribution is 2.36. The number of esters is 2. The molecule has 2 heterocycles. The lowest BCUT2D eigenvalue weighted by molar-refractivity contribution is -0.147. The Balaban J connectivity index is 1.42. The van der Waals surface area contributed by atoms with Crippen LogP contribution in [-0.4, -0.2) is 40.6 Å². The number of carbonyl (C=O) groups excluding carboxylic acids is 3. The number of benzene rings is 2. The van der Waals surface area contributed by atoms with Crippen molar-refractivity contribution in [3.8, 4) is 11.1 Å². The minimum Gasteiger partial charge on any atom is -0.462 e. The Bertz CT molecular complexity index is 1300. The first-order chi connectivity index (χ1) is 16.1. The molecule has 0 spiro atoms. The standard InChI is InChI=1S/C24H21N3O5S/c1-2-31-24(30)22-17(16-8-4-3-5-9-16)14-33-23(22)26-20(28)13-32-21(29)12-27-15-25-18-10-6-7-11-19(18)27/h3-11,14-15H,2,12-13H2,1H3,(H,26,28). The van der Waals surface area contributed by atoms with Gasteiger partial charge in [0.05, 0.1) is 24.0 Å². The van der Waals surface area contributed by atoms with Gasteiger partial charge in [-0.1, -0.05) is 42.5 Å². The molecule has 0 fully saturated rings. The lowest BCUT2D eigenvalue weighted by Gasteiger charge is -2.09. The maximum atomic E-state index is 12.6. The number of imidazole rings is 1. The third-order valence-electron chi connectivity index (χ3n) is 4.80. The number of amides is 1. The third-order valence-corrected chi connectivity index (χ3v) is 5.69. The molecule has 0 atom stereocenters. The Kier molecular flexibility index (Phi) is 6.80. The van der Waals surface area contributed by atoms with E-state index in [0.29, 0.717) is 10.6 Å². The lowest BCUT2D eigenvalue weighted by atomic mass is 10.0. The van der Waals surface area contributed by atoms with E-state index in [1.54, 1.807) is 23.2 Å². The van der Waals surface area contributed by atoms with Gasteiger partial charge in [-0.2, -0.15) is 0 Å². The Hall–Kier alpha value is -3.98. The summed E-state index contributed by atoms with van der Waals surface area (Å²) in [5.74, 6) is -1.65. The summed E-state index contributed by atoms with van der Waals surface area (Å²) in [5, 5.41) is 4.79. The van der Waals surface area contributed by atoms with Crippen molar-refractivity contribution in [3.05, 3.63) is 71.9 Å². The van der Waals surface area contributed by atoms with E-state index >= 15 is 0 Å². The van der Waals surface area contributed by atoms with Crippen molar-refractivity contribution in [2.45, 2.75) is 13.5 Å². The number of hydrogen-bond donors (Lipinski definition) is 1. The number of nitrogens with one attached hydrogen (secondary N) is 1. The monoisotopic (exact) mass is 463 g/mol. The van der Waals surface area contributed by atoms with E-state index < -0.39 is 24.5 Å².